The lowest BCUT2D eigenvalue weighted by Gasteiger charge is -2.04. The van der Waals surface area contributed by atoms with Crippen molar-refractivity contribution in [3.05, 3.63) is 351 Å². The molecule has 0 saturated carbocycles. The maximum atomic E-state index is 12.7. The fourth-order valence-corrected chi connectivity index (χ4v) is 14.1. The summed E-state index contributed by atoms with van der Waals surface area (Å²) < 4.78 is 7.90. The molecule has 21 heteroatoms. The van der Waals surface area contributed by atoms with Gasteiger partial charge >= 0.3 is 0 Å². The van der Waals surface area contributed by atoms with Crippen LogP contribution in [0.3, 0.4) is 0 Å². The van der Waals surface area contributed by atoms with E-state index >= 15 is 0 Å². The van der Waals surface area contributed by atoms with Crippen molar-refractivity contribution in [2.24, 2.45) is 0 Å². The van der Waals surface area contributed by atoms with E-state index in [2.05, 4.69) is 62.5 Å². The number of aliphatic hydroxyl groups excluding tert-OH is 1. The van der Waals surface area contributed by atoms with Crippen LogP contribution in [0.15, 0.2) is 267 Å². The fourth-order valence-electron chi connectivity index (χ4n) is 14.1. The molecule has 10 aromatic carbocycles. The zero-order valence-corrected chi connectivity index (χ0v) is 62.3. The molecule has 0 aliphatic rings. The largest absolute Gasteiger partial charge is 0.392 e. The number of aromatic nitrogens is 15. The highest BCUT2D eigenvalue weighted by molar-refractivity contribution is 6.07. The highest BCUT2D eigenvalue weighted by atomic mass is 16.3. The quantitative estimate of drug-likeness (QED) is 0.0911. The Hall–Kier alpha value is -14.4. The van der Waals surface area contributed by atoms with Crippen molar-refractivity contribution in [1.82, 2.24) is 73.8 Å². The van der Waals surface area contributed by atoms with Gasteiger partial charge in [0.1, 0.15) is 0 Å². The lowest BCUT2D eigenvalue weighted by atomic mass is 10.1. The van der Waals surface area contributed by atoms with Crippen molar-refractivity contribution >= 4 is 109 Å². The van der Waals surface area contributed by atoms with E-state index in [4.69, 9.17) is 0 Å². The summed E-state index contributed by atoms with van der Waals surface area (Å²) in [5.41, 5.74) is 23.0. The SMILES string of the molecule is Cc1ccc(-n2[nH]c3c(cnc4ccc(C)cc43)c2=O)cc1.Cc1ccc2c(c1)ncc1c(=O)n(-c3ccccc3C)[nH]c12.Cc1cccc(-n2[nH]c3c(cnc4cc(C)ccc43)c2=O)c1.Cc1cccc(-n2[nH]c3c(cnc4ccc(C)cc43)c2=O)c1.Cc1ccccc1-n1[nH]c2c(cnc3cc(CO)ccc32)c1=O. The molecule has 6 N–H and O–H groups in total. The minimum atomic E-state index is -0.116. The maximum absolute atomic E-state index is 12.7. The molecular formula is C90H75N15O6. The second kappa shape index (κ2) is 29.0. The Bertz CT molecular complexity index is 7410. The number of aryl methyl sites for hydroxylation is 9. The number of H-pyrrole nitrogens is 5. The van der Waals surface area contributed by atoms with Crippen molar-refractivity contribution in [3.8, 4) is 28.4 Å². The lowest BCUT2D eigenvalue weighted by Crippen LogP contribution is -2.15. The number of benzene rings is 10. The van der Waals surface area contributed by atoms with Gasteiger partial charge in [0, 0.05) is 57.9 Å². The van der Waals surface area contributed by atoms with Gasteiger partial charge in [-0.2, -0.15) is 0 Å². The monoisotopic (exact) mass is 1460 g/mol. The van der Waals surface area contributed by atoms with E-state index < -0.39 is 0 Å². The summed E-state index contributed by atoms with van der Waals surface area (Å²) in [5.74, 6) is 0. The van der Waals surface area contributed by atoms with Gasteiger partial charge in [0.25, 0.3) is 27.8 Å². The highest BCUT2D eigenvalue weighted by Gasteiger charge is 2.19. The van der Waals surface area contributed by atoms with Crippen LogP contribution in [0.2, 0.25) is 0 Å². The second-order valence-electron chi connectivity index (χ2n) is 28.2. The number of pyridine rings is 5. The molecular weight excluding hydrogens is 1390 g/mol. The summed E-state index contributed by atoms with van der Waals surface area (Å²) in [6, 6.07) is 69.0. The number of nitrogens with one attached hydrogen (secondary N) is 5. The first-order valence-corrected chi connectivity index (χ1v) is 36.2. The van der Waals surface area contributed by atoms with Crippen LogP contribution in [0.1, 0.15) is 55.6 Å². The molecule has 20 rings (SSSR count). The number of hydrogen-bond donors (Lipinski definition) is 6. The average Bonchev–Trinajstić information content (AvgIpc) is 1.65. The van der Waals surface area contributed by atoms with E-state index in [1.165, 1.54) is 0 Å². The lowest BCUT2D eigenvalue weighted by molar-refractivity contribution is 0.282. The molecule has 21 nitrogen and oxygen atoms in total. The number of rotatable bonds is 6. The zero-order chi connectivity index (χ0) is 77.0. The van der Waals surface area contributed by atoms with E-state index in [9.17, 15) is 29.1 Å². The molecule has 0 aliphatic carbocycles. The van der Waals surface area contributed by atoms with Crippen LogP contribution in [0, 0.1) is 62.3 Å². The number of nitrogens with zero attached hydrogens (tertiary/aromatic N) is 10. The summed E-state index contributed by atoms with van der Waals surface area (Å²) in [5, 5.41) is 33.1. The normalized spacial score (nSPS) is 11.4. The molecule has 0 aliphatic heterocycles. The van der Waals surface area contributed by atoms with Crippen molar-refractivity contribution in [3.63, 3.8) is 0 Å². The fraction of sp³-hybridized carbons (Fsp3) is 0.111. The van der Waals surface area contributed by atoms with Crippen LogP contribution in [-0.4, -0.2) is 78.9 Å². The van der Waals surface area contributed by atoms with Crippen molar-refractivity contribution < 1.29 is 5.11 Å². The molecule has 0 unspecified atom stereocenters. The summed E-state index contributed by atoms with van der Waals surface area (Å²) in [6.45, 7) is 18.1. The third kappa shape index (κ3) is 13.4. The standard InChI is InChI=1S/C18H15N3O2.4C18H15N3O/c1-11-4-2-3-5-16(11)21-18(23)14-9-19-15-8-12(10-22)6-7-13(15)17(14)20-21;1-11-3-6-13(7-4-11)21-18(22)15-10-19-16-8-5-12(2)9-14(16)17(15)20-21;1-11-4-3-5-13(8-11)21-18(22)15-10-19-16-7-6-12(2)9-14(16)17(15)20-21;1-11-4-3-5-13(8-11)21-18(22)15-10-19-16-9-12(2)6-7-14(16)17(15)20-21;1-11-7-8-13-15(9-11)19-10-14-17(13)20-21(18(14)22)16-6-4-3-5-12(16)2/h2-9,20,22H,10H2,1H3;4*3-10,20H,1-2H3. The molecule has 0 fully saturated rings. The van der Waals surface area contributed by atoms with Crippen LogP contribution in [0.25, 0.3) is 137 Å². The summed E-state index contributed by atoms with van der Waals surface area (Å²) in [7, 11) is 0. The van der Waals surface area contributed by atoms with Gasteiger partial charge in [0.2, 0.25) is 0 Å². The summed E-state index contributed by atoms with van der Waals surface area (Å²) in [6.07, 6.45) is 8.20. The van der Waals surface area contributed by atoms with E-state index in [-0.39, 0.29) is 34.4 Å². The van der Waals surface area contributed by atoms with E-state index in [1.807, 2.05) is 263 Å². The first kappa shape index (κ1) is 70.8. The van der Waals surface area contributed by atoms with Gasteiger partial charge in [-0.15, -0.1) is 0 Å². The first-order chi connectivity index (χ1) is 53.7. The van der Waals surface area contributed by atoms with E-state index in [0.29, 0.717) is 26.9 Å². The Morgan fingerprint density at radius 3 is 0.973 bits per heavy atom. The molecule has 111 heavy (non-hydrogen) atoms. The van der Waals surface area contributed by atoms with Crippen LogP contribution in [-0.2, 0) is 6.61 Å². The first-order valence-electron chi connectivity index (χ1n) is 36.2. The molecule has 0 saturated heterocycles. The number of para-hydroxylation sites is 2. The van der Waals surface area contributed by atoms with Gasteiger partial charge in [0.15, 0.2) is 0 Å². The number of aromatic amines is 5. The minimum Gasteiger partial charge on any atom is -0.392 e. The molecule has 0 bridgehead atoms. The van der Waals surface area contributed by atoms with Gasteiger partial charge in [-0.05, 0) is 192 Å². The predicted molar refractivity (Wildman–Crippen MR) is 445 cm³/mol. The van der Waals surface area contributed by atoms with Gasteiger partial charge in [-0.3, -0.25) is 74.4 Å². The van der Waals surface area contributed by atoms with E-state index in [0.717, 1.165) is 166 Å². The van der Waals surface area contributed by atoms with Crippen LogP contribution in [0.5, 0.6) is 0 Å². The summed E-state index contributed by atoms with van der Waals surface area (Å²) >= 11 is 0. The summed E-state index contributed by atoms with van der Waals surface area (Å²) in [4.78, 5) is 85.3. The Morgan fingerprint density at radius 2 is 0.577 bits per heavy atom. The molecule has 10 aromatic heterocycles. The predicted octanol–water partition coefficient (Wildman–Crippen LogP) is 16.6. The molecule has 0 amide bonds. The van der Waals surface area contributed by atoms with Crippen molar-refractivity contribution in [2.75, 3.05) is 0 Å². The Balaban J connectivity index is 0.000000105. The van der Waals surface area contributed by atoms with Gasteiger partial charge in [0.05, 0.1) is 117 Å². The smallest absolute Gasteiger partial charge is 0.280 e. The molecule has 20 aromatic rings. The average molecular weight is 1460 g/mol. The van der Waals surface area contributed by atoms with Gasteiger partial charge < -0.3 is 5.11 Å². The zero-order valence-electron chi connectivity index (χ0n) is 62.3. The third-order valence-electron chi connectivity index (χ3n) is 20.0. The number of aliphatic hydroxyl groups is 1. The molecule has 0 radical (unpaired) electrons. The number of fused-ring (bicyclic) bond motifs is 15. The Labute approximate surface area is 632 Å². The maximum Gasteiger partial charge on any atom is 0.280 e. The second-order valence-corrected chi connectivity index (χ2v) is 28.2. The van der Waals surface area contributed by atoms with Crippen molar-refractivity contribution in [2.45, 2.75) is 68.9 Å². The topological polar surface area (TPSA) is 274 Å². The van der Waals surface area contributed by atoms with Crippen LogP contribution in [0.4, 0.5) is 0 Å². The molecule has 546 valence electrons. The van der Waals surface area contributed by atoms with Gasteiger partial charge in [-0.25, -0.2) is 23.4 Å². The molecule has 0 spiro atoms. The van der Waals surface area contributed by atoms with E-state index in [1.54, 1.807) is 54.4 Å². The highest BCUT2D eigenvalue weighted by Crippen LogP contribution is 2.29. The number of hydrogen-bond acceptors (Lipinski definition) is 11. The Kier molecular flexibility index (Phi) is 18.5. The molecule has 0 atom stereocenters. The Morgan fingerprint density at radius 1 is 0.261 bits per heavy atom. The third-order valence-corrected chi connectivity index (χ3v) is 20.0. The minimum absolute atomic E-state index is 0.0314. The van der Waals surface area contributed by atoms with Crippen molar-refractivity contribution in [1.29, 1.82) is 0 Å². The van der Waals surface area contributed by atoms with Gasteiger partial charge in [-0.1, -0.05) is 138 Å². The van der Waals surface area contributed by atoms with Crippen LogP contribution < -0.4 is 27.8 Å². The van der Waals surface area contributed by atoms with Crippen LogP contribution >= 0.6 is 0 Å². The molecule has 10 heterocycles.